The average molecular weight is 659 g/mol. The molecular weight excluding hydrogens is 628 g/mol. The highest BCUT2D eigenvalue weighted by atomic mass is 35.5. The third-order valence-electron chi connectivity index (χ3n) is 6.25. The molecular formula is C29H31Cl4N3O4S. The van der Waals surface area contributed by atoms with Crippen molar-refractivity contribution in [2.24, 2.45) is 0 Å². The maximum absolute atomic E-state index is 14.1. The van der Waals surface area contributed by atoms with E-state index in [1.807, 2.05) is 37.3 Å². The Bertz CT molecular complexity index is 1450. The maximum Gasteiger partial charge on any atom is 0.244 e. The fraction of sp³-hybridized carbons (Fsp3) is 0.310. The van der Waals surface area contributed by atoms with Crippen molar-refractivity contribution in [1.29, 1.82) is 0 Å². The van der Waals surface area contributed by atoms with E-state index < -0.39 is 28.5 Å². The minimum absolute atomic E-state index is 0.0255. The Morgan fingerprint density at radius 2 is 1.54 bits per heavy atom. The van der Waals surface area contributed by atoms with Gasteiger partial charge >= 0.3 is 0 Å². The van der Waals surface area contributed by atoms with Crippen molar-refractivity contribution in [3.05, 3.63) is 97.9 Å². The summed E-state index contributed by atoms with van der Waals surface area (Å²) in [7, 11) is -3.96. The summed E-state index contributed by atoms with van der Waals surface area (Å²) in [5, 5.41) is 3.97. The summed E-state index contributed by atoms with van der Waals surface area (Å²) in [4.78, 5) is 29.1. The molecule has 0 saturated carbocycles. The highest BCUT2D eigenvalue weighted by Gasteiger charge is 2.33. The molecule has 3 aromatic rings. The second kappa shape index (κ2) is 15.1. The van der Waals surface area contributed by atoms with Crippen molar-refractivity contribution >= 4 is 73.9 Å². The molecule has 0 spiro atoms. The van der Waals surface area contributed by atoms with E-state index in [-0.39, 0.29) is 39.6 Å². The van der Waals surface area contributed by atoms with Crippen LogP contribution in [0.2, 0.25) is 20.1 Å². The SMILES string of the molecule is CCCCNC(=O)[C@@H](Cc1ccccc1)N(Cc1ccc(Cl)c(Cl)c1)C(=O)CN(c1cc(Cl)cc(Cl)c1)S(C)(=O)=O. The van der Waals surface area contributed by atoms with Crippen LogP contribution >= 0.6 is 46.4 Å². The summed E-state index contributed by atoms with van der Waals surface area (Å²) in [6.07, 6.45) is 2.83. The minimum Gasteiger partial charge on any atom is -0.354 e. The van der Waals surface area contributed by atoms with Crippen LogP contribution in [0.5, 0.6) is 0 Å². The number of hydrogen-bond donors (Lipinski definition) is 1. The quantitative estimate of drug-likeness (QED) is 0.209. The van der Waals surface area contributed by atoms with Crippen molar-refractivity contribution < 1.29 is 18.0 Å². The Hall–Kier alpha value is -2.49. The lowest BCUT2D eigenvalue weighted by Gasteiger charge is -2.33. The van der Waals surface area contributed by atoms with Crippen LogP contribution in [0.15, 0.2) is 66.7 Å². The normalized spacial score (nSPS) is 12.0. The number of sulfonamides is 1. The lowest BCUT2D eigenvalue weighted by Crippen LogP contribution is -2.53. The van der Waals surface area contributed by atoms with Gasteiger partial charge in [-0.25, -0.2) is 8.42 Å². The van der Waals surface area contributed by atoms with Gasteiger partial charge in [0.15, 0.2) is 0 Å². The average Bonchev–Trinajstić information content (AvgIpc) is 2.90. The van der Waals surface area contributed by atoms with Gasteiger partial charge in [0.2, 0.25) is 21.8 Å². The van der Waals surface area contributed by atoms with Gasteiger partial charge in [-0.2, -0.15) is 0 Å². The van der Waals surface area contributed by atoms with E-state index in [1.165, 1.54) is 23.1 Å². The topological polar surface area (TPSA) is 86.8 Å². The highest BCUT2D eigenvalue weighted by molar-refractivity contribution is 7.92. The Balaban J connectivity index is 2.07. The summed E-state index contributed by atoms with van der Waals surface area (Å²) in [5.41, 5.74) is 1.57. The zero-order valence-corrected chi connectivity index (χ0v) is 26.5. The molecule has 3 aromatic carbocycles. The van der Waals surface area contributed by atoms with Gasteiger partial charge in [-0.05, 0) is 47.9 Å². The molecule has 7 nitrogen and oxygen atoms in total. The summed E-state index contributed by atoms with van der Waals surface area (Å²) < 4.78 is 26.7. The largest absolute Gasteiger partial charge is 0.354 e. The van der Waals surface area contributed by atoms with E-state index in [4.69, 9.17) is 46.4 Å². The number of hydrogen-bond acceptors (Lipinski definition) is 4. The zero-order chi connectivity index (χ0) is 30.2. The van der Waals surface area contributed by atoms with Crippen LogP contribution in [0.25, 0.3) is 0 Å². The lowest BCUT2D eigenvalue weighted by atomic mass is 10.0. The van der Waals surface area contributed by atoms with Crippen LogP contribution in [-0.2, 0) is 32.6 Å². The third-order valence-corrected chi connectivity index (χ3v) is 8.57. The van der Waals surface area contributed by atoms with Gasteiger partial charge in [0.1, 0.15) is 12.6 Å². The molecule has 0 radical (unpaired) electrons. The lowest BCUT2D eigenvalue weighted by molar-refractivity contribution is -0.140. The first kappa shape index (κ1) is 33.0. The molecule has 0 aliphatic heterocycles. The van der Waals surface area contributed by atoms with Crippen LogP contribution in [0.3, 0.4) is 0 Å². The van der Waals surface area contributed by atoms with Crippen LogP contribution < -0.4 is 9.62 Å². The van der Waals surface area contributed by atoms with Gasteiger partial charge in [0.05, 0.1) is 22.0 Å². The molecule has 0 saturated heterocycles. The predicted octanol–water partition coefficient (Wildman–Crippen LogP) is 6.62. The fourth-order valence-electron chi connectivity index (χ4n) is 4.19. The second-order valence-electron chi connectivity index (χ2n) is 9.52. The molecule has 3 rings (SSSR count). The van der Waals surface area contributed by atoms with Crippen molar-refractivity contribution in [2.45, 2.75) is 38.8 Å². The molecule has 1 atom stereocenters. The first-order valence-corrected chi connectivity index (χ1v) is 16.2. The number of carbonyl (C=O) groups is 2. The fourth-order valence-corrected chi connectivity index (χ4v) is 5.86. The number of carbonyl (C=O) groups excluding carboxylic acids is 2. The Labute approximate surface area is 261 Å². The molecule has 0 aromatic heterocycles. The number of nitrogens with one attached hydrogen (secondary N) is 1. The van der Waals surface area contributed by atoms with Gasteiger partial charge in [-0.15, -0.1) is 0 Å². The summed E-state index contributed by atoms with van der Waals surface area (Å²) in [6, 6.07) is 17.5. The van der Waals surface area contributed by atoms with Crippen LogP contribution in [0, 0.1) is 0 Å². The third kappa shape index (κ3) is 9.79. The molecule has 0 unspecified atom stereocenters. The van der Waals surface area contributed by atoms with Crippen LogP contribution in [-0.4, -0.2) is 50.5 Å². The van der Waals surface area contributed by atoms with Crippen molar-refractivity contribution in [3.8, 4) is 0 Å². The van der Waals surface area contributed by atoms with Crippen molar-refractivity contribution in [3.63, 3.8) is 0 Å². The number of unbranched alkanes of at least 4 members (excludes halogenated alkanes) is 1. The van der Waals surface area contributed by atoms with E-state index in [0.717, 1.165) is 29.0 Å². The minimum atomic E-state index is -3.96. The molecule has 0 fully saturated rings. The van der Waals surface area contributed by atoms with Gasteiger partial charge in [-0.3, -0.25) is 13.9 Å². The molecule has 0 aliphatic carbocycles. The van der Waals surface area contributed by atoms with E-state index >= 15 is 0 Å². The summed E-state index contributed by atoms with van der Waals surface area (Å²) in [6.45, 7) is 1.83. The van der Waals surface area contributed by atoms with Gasteiger partial charge in [0, 0.05) is 29.6 Å². The van der Waals surface area contributed by atoms with Gasteiger partial charge in [0.25, 0.3) is 0 Å². The van der Waals surface area contributed by atoms with E-state index in [9.17, 15) is 18.0 Å². The van der Waals surface area contributed by atoms with Crippen molar-refractivity contribution in [2.75, 3.05) is 23.7 Å². The first-order chi connectivity index (χ1) is 19.4. The zero-order valence-electron chi connectivity index (χ0n) is 22.6. The first-order valence-electron chi connectivity index (χ1n) is 12.9. The van der Waals surface area contributed by atoms with E-state index in [2.05, 4.69) is 5.32 Å². The Kier molecular flexibility index (Phi) is 12.2. The standard InChI is InChI=1S/C29H31Cl4N3O4S/c1-3-4-12-34-29(38)27(14-20-8-6-5-7-9-20)35(18-21-10-11-25(32)26(33)13-21)28(37)19-36(41(2,39)40)24-16-22(30)15-23(31)17-24/h5-11,13,15-17,27H,3-4,12,14,18-19H2,1-2H3,(H,34,38)/t27-/m1/s1. The Morgan fingerprint density at radius 1 is 0.878 bits per heavy atom. The second-order valence-corrected chi connectivity index (χ2v) is 13.1. The number of nitrogens with zero attached hydrogens (tertiary/aromatic N) is 2. The predicted molar refractivity (Wildman–Crippen MR) is 168 cm³/mol. The van der Waals surface area contributed by atoms with E-state index in [1.54, 1.807) is 18.2 Å². The number of rotatable bonds is 13. The monoisotopic (exact) mass is 657 g/mol. The highest BCUT2D eigenvalue weighted by Crippen LogP contribution is 2.28. The number of halogens is 4. The van der Waals surface area contributed by atoms with Crippen LogP contribution in [0.1, 0.15) is 30.9 Å². The van der Waals surface area contributed by atoms with Crippen LogP contribution in [0.4, 0.5) is 5.69 Å². The van der Waals surface area contributed by atoms with Gasteiger partial charge < -0.3 is 10.2 Å². The number of anilines is 1. The summed E-state index contributed by atoms with van der Waals surface area (Å²) in [5.74, 6) is -0.961. The summed E-state index contributed by atoms with van der Waals surface area (Å²) >= 11 is 24.7. The molecule has 220 valence electrons. The molecule has 0 heterocycles. The van der Waals surface area contributed by atoms with E-state index in [0.29, 0.717) is 17.1 Å². The number of amides is 2. The molecule has 2 amide bonds. The maximum atomic E-state index is 14.1. The molecule has 41 heavy (non-hydrogen) atoms. The van der Waals surface area contributed by atoms with Crippen molar-refractivity contribution in [1.82, 2.24) is 10.2 Å². The molecule has 0 bridgehead atoms. The number of benzene rings is 3. The molecule has 0 aliphatic rings. The molecule has 1 N–H and O–H groups in total. The smallest absolute Gasteiger partial charge is 0.244 e. The van der Waals surface area contributed by atoms with Gasteiger partial charge in [-0.1, -0.05) is 96.1 Å². The Morgan fingerprint density at radius 3 is 2.12 bits per heavy atom. The molecule has 12 heteroatoms.